The number of phenols is 4. The van der Waals surface area contributed by atoms with Crippen LogP contribution in [0.3, 0.4) is 0 Å². The highest BCUT2D eigenvalue weighted by atomic mass is 35.5. The molecular weight excluding hydrogens is 1440 g/mol. The summed E-state index contributed by atoms with van der Waals surface area (Å²) in [6.07, 6.45) is 3.39. The second-order valence-corrected chi connectivity index (χ2v) is 34.9. The molecule has 0 fully saturated rings. The van der Waals surface area contributed by atoms with Gasteiger partial charge in [0.25, 0.3) is 22.2 Å². The zero-order chi connectivity index (χ0) is 80.4. The highest BCUT2D eigenvalue weighted by Gasteiger charge is 2.58. The average molecular weight is 1530 g/mol. The first-order valence-electron chi connectivity index (χ1n) is 38.2. The van der Waals surface area contributed by atoms with Crippen molar-refractivity contribution in [2.45, 2.75) is 197 Å². The summed E-state index contributed by atoms with van der Waals surface area (Å²) in [6.45, 7) is 42.4. The van der Waals surface area contributed by atoms with E-state index in [9.17, 15) is 20.4 Å². The lowest BCUT2D eigenvalue weighted by atomic mass is 9.72. The van der Waals surface area contributed by atoms with E-state index < -0.39 is 0 Å². The Morgan fingerprint density at radius 2 is 0.438 bits per heavy atom. The van der Waals surface area contributed by atoms with Crippen molar-refractivity contribution >= 4 is 90.0 Å². The third kappa shape index (κ3) is 14.0. The number of aliphatic imine (C=N–C) groups is 2. The highest BCUT2D eigenvalue weighted by Crippen LogP contribution is 2.66. The molecule has 10 aromatic carbocycles. The number of hydrogen-bond donors (Lipinski definition) is 4. The van der Waals surface area contributed by atoms with E-state index in [4.69, 9.17) is 60.8 Å². The minimum atomic E-state index is -0.373. The van der Waals surface area contributed by atoms with E-state index in [-0.39, 0.29) is 65.8 Å². The van der Waals surface area contributed by atoms with Gasteiger partial charge in [-0.3, -0.25) is 0 Å². The number of hydrogen-bond acceptors (Lipinski definition) is 14. The van der Waals surface area contributed by atoms with Crippen molar-refractivity contribution in [2.75, 3.05) is 0 Å². The van der Waals surface area contributed by atoms with Crippen LogP contribution in [0.4, 0.5) is 34.1 Å². The first-order chi connectivity index (χ1) is 52.8. The quantitative estimate of drug-likeness (QED) is 0.0889. The van der Waals surface area contributed by atoms with Gasteiger partial charge < -0.3 is 38.1 Å². The maximum absolute atomic E-state index is 10.1. The Bertz CT molecular complexity index is 5790. The Morgan fingerprint density at radius 3 is 0.652 bits per heavy atom. The molecule has 2 aromatic heterocycles. The molecule has 0 radical (unpaired) electrons. The van der Waals surface area contributed by atoms with Crippen LogP contribution in [0.5, 0.6) is 23.0 Å². The Hall–Kier alpha value is -10.8. The molecule has 16 heteroatoms. The van der Waals surface area contributed by atoms with Crippen molar-refractivity contribution in [3.05, 3.63) is 291 Å². The van der Waals surface area contributed by atoms with Crippen molar-refractivity contribution in [2.24, 2.45) is 30.0 Å². The molecule has 4 aliphatic carbocycles. The summed E-state index contributed by atoms with van der Waals surface area (Å²) < 4.78 is 27.5. The molecule has 12 aromatic rings. The van der Waals surface area contributed by atoms with Crippen molar-refractivity contribution in [3.63, 3.8) is 0 Å². The summed E-state index contributed by atoms with van der Waals surface area (Å²) in [7, 11) is 0. The predicted molar refractivity (Wildman–Crippen MR) is 451 cm³/mol. The molecule has 0 saturated heterocycles. The average Bonchev–Trinajstić information content (AvgIpc) is 1.53. The van der Waals surface area contributed by atoms with Gasteiger partial charge in [0.2, 0.25) is 0 Å². The second kappa shape index (κ2) is 28.7. The number of halogens is 2. The lowest BCUT2D eigenvalue weighted by Crippen LogP contribution is -2.27. The standard InChI is InChI=1S/C57H56N4O4.C21H24O4.C18H18Cl2N2/c1-31-17-13-18-32(2)47(31)58-51-53(60-49-35(5)21-15-22-36(49)6)64-45-27-41-39(25-43(45)62-51)55(9,10)29-57(41)30-56(11,12)40-26-44-46(28-42(40)57)65-54(61-50-37(7)23-16-24-38(50)8)52(63-44)59-48-33(3)19-14-20-34(48)4;1-19(2)9-21(13-7-17(24)15(22)5-11(13)19)10-20(3,4)12-6-16(23)18(25)8-14(12)21;1-11-7-5-8-12(2)15(11)21-17(19)18(20)22-16-13(3)9-6-10-14(16)4/h13-28H,29-30H2,1-12H3;5-8,22-25H,9-10H2,1-4H3;5-10H,1-4H3. The fraction of sp³-hybridized carbons (Fsp3) is 0.312. The Morgan fingerprint density at radius 1 is 0.268 bits per heavy atom. The maximum atomic E-state index is 10.1. The third-order valence-electron chi connectivity index (χ3n) is 23.6. The van der Waals surface area contributed by atoms with Gasteiger partial charge in [0.05, 0.1) is 34.1 Å². The Kier molecular flexibility index (Phi) is 20.0. The first kappa shape index (κ1) is 77.9. The minimum absolute atomic E-state index is 0.102. The molecule has 0 saturated carbocycles. The van der Waals surface area contributed by atoms with Crippen LogP contribution in [-0.2, 0) is 32.5 Å². The Labute approximate surface area is 664 Å². The van der Waals surface area contributed by atoms with Gasteiger partial charge in [-0.2, -0.15) is 0 Å². The smallest absolute Gasteiger partial charge is 0.284 e. The number of fused-ring (bicyclic) bond motifs is 10. The fourth-order valence-corrected chi connectivity index (χ4v) is 18.7. The zero-order valence-corrected chi connectivity index (χ0v) is 69.2. The van der Waals surface area contributed by atoms with Gasteiger partial charge in [0.1, 0.15) is 0 Å². The number of para-hydroxylation sites is 6. The largest absolute Gasteiger partial charge is 0.504 e. The van der Waals surface area contributed by atoms with E-state index in [0.717, 1.165) is 149 Å². The number of nitrogens with zero attached hydrogens (tertiary/aromatic N) is 6. The van der Waals surface area contributed by atoms with Crippen molar-refractivity contribution in [1.29, 1.82) is 0 Å². The topological polar surface area (TPSA) is 208 Å². The van der Waals surface area contributed by atoms with Gasteiger partial charge >= 0.3 is 0 Å². The summed E-state index contributed by atoms with van der Waals surface area (Å²) in [5, 5.41) is 40.7. The Balaban J connectivity index is 0.000000179. The summed E-state index contributed by atoms with van der Waals surface area (Å²) in [4.78, 5) is 29.4. The van der Waals surface area contributed by atoms with E-state index in [2.05, 4.69) is 194 Å². The monoisotopic (exact) mass is 1530 g/mol. The molecule has 112 heavy (non-hydrogen) atoms. The molecule has 0 bridgehead atoms. The molecular formula is C96H98Cl2N6O8. The lowest BCUT2D eigenvalue weighted by molar-refractivity contribution is 0.348. The van der Waals surface area contributed by atoms with Gasteiger partial charge in [-0.25, -0.2) is 30.0 Å². The molecule has 4 aliphatic rings. The maximum Gasteiger partial charge on any atom is 0.284 e. The van der Waals surface area contributed by atoms with E-state index in [1.54, 1.807) is 24.3 Å². The number of aromatic hydroxyl groups is 4. The van der Waals surface area contributed by atoms with Crippen LogP contribution in [-0.4, -0.2) is 30.8 Å². The van der Waals surface area contributed by atoms with Crippen LogP contribution >= 0.6 is 23.2 Å². The molecule has 0 unspecified atom stereocenters. The summed E-state index contributed by atoms with van der Waals surface area (Å²) in [5.74, 6) is -0.444. The molecule has 0 aliphatic heterocycles. The third-order valence-corrected chi connectivity index (χ3v) is 24.2. The van der Waals surface area contributed by atoms with Crippen LogP contribution in [0, 0.1) is 83.1 Å². The predicted octanol–water partition coefficient (Wildman–Crippen LogP) is 23.7. The van der Waals surface area contributed by atoms with Crippen LogP contribution in [0.1, 0.15) is 192 Å². The molecule has 16 rings (SSSR count). The van der Waals surface area contributed by atoms with Crippen molar-refractivity contribution in [3.8, 4) is 23.0 Å². The van der Waals surface area contributed by atoms with Crippen LogP contribution in [0.15, 0.2) is 205 Å². The van der Waals surface area contributed by atoms with Gasteiger partial charge in [-0.15, -0.1) is 0 Å². The molecule has 0 atom stereocenters. The number of aryl methyl sites for hydroxylation is 12. The molecule has 4 N–H and O–H groups in total. The van der Waals surface area contributed by atoms with Crippen LogP contribution in [0.2, 0.25) is 0 Å². The summed E-state index contributed by atoms with van der Waals surface area (Å²) in [5.41, 5.74) is 28.8. The molecule has 2 spiro atoms. The number of phenolic OH excluding ortho intramolecular Hbond substituents is 4. The zero-order valence-electron chi connectivity index (χ0n) is 67.7. The fourth-order valence-electron chi connectivity index (χ4n) is 18.5. The van der Waals surface area contributed by atoms with E-state index in [0.29, 0.717) is 44.5 Å². The normalized spacial score (nSPS) is 17.9. The van der Waals surface area contributed by atoms with Crippen LogP contribution in [0.25, 0.3) is 22.3 Å². The lowest BCUT2D eigenvalue weighted by Gasteiger charge is -2.30. The minimum Gasteiger partial charge on any atom is -0.504 e. The second-order valence-electron chi connectivity index (χ2n) is 34.2. The SMILES string of the molecule is CC1(C)CC2(CC(C)(C)c3cc(O)c(O)cc32)c2cc(O)c(O)cc21.Cc1cccc(C)c1N=C(Cl)C(Cl)=Nc1c(C)cccc1C.Cc1cccc(C)c1N=c1oc2cc3c(cc2oc1=Nc1c(C)cccc1C)C1(CC3(C)C)CC(C)(C)c2cc3oc(=Nc4c(C)cccc4C)c(=Nc4c(C)cccc4C)oc3cc21. The van der Waals surface area contributed by atoms with Gasteiger partial charge in [-0.05, 0) is 290 Å². The summed E-state index contributed by atoms with van der Waals surface area (Å²) >= 11 is 12.5. The number of rotatable bonds is 7. The highest BCUT2D eigenvalue weighted by molar-refractivity contribution is 7.00. The molecule has 574 valence electrons. The number of benzene rings is 10. The van der Waals surface area contributed by atoms with Gasteiger partial charge in [0, 0.05) is 10.8 Å². The van der Waals surface area contributed by atoms with Crippen molar-refractivity contribution < 1.29 is 38.1 Å². The van der Waals surface area contributed by atoms with Gasteiger partial charge in [0.15, 0.2) is 55.7 Å². The van der Waals surface area contributed by atoms with E-state index in [1.807, 2.05) is 88.4 Å². The summed E-state index contributed by atoms with van der Waals surface area (Å²) in [6, 6.07) is 52.1. The molecule has 2 heterocycles. The van der Waals surface area contributed by atoms with Gasteiger partial charge in [-0.1, -0.05) is 188 Å². The van der Waals surface area contributed by atoms with E-state index >= 15 is 0 Å². The molecule has 0 amide bonds. The first-order valence-corrected chi connectivity index (χ1v) is 39.0. The molecule has 14 nitrogen and oxygen atoms in total. The van der Waals surface area contributed by atoms with Crippen LogP contribution < -0.4 is 22.2 Å². The van der Waals surface area contributed by atoms with E-state index in [1.165, 1.54) is 22.3 Å². The van der Waals surface area contributed by atoms with Crippen molar-refractivity contribution in [1.82, 2.24) is 0 Å².